The molecule has 0 aliphatic carbocycles. The molecular formula is C22H27ClN4O6S. The second kappa shape index (κ2) is 16.2. The van der Waals surface area contributed by atoms with Crippen molar-refractivity contribution in [2.24, 2.45) is 0 Å². The molecule has 0 bridgehead atoms. The number of esters is 1. The van der Waals surface area contributed by atoms with Crippen molar-refractivity contribution in [3.63, 3.8) is 0 Å². The lowest BCUT2D eigenvalue weighted by Crippen LogP contribution is -2.46. The summed E-state index contributed by atoms with van der Waals surface area (Å²) in [5.74, 6) is 0.513. The van der Waals surface area contributed by atoms with Crippen molar-refractivity contribution < 1.29 is 29.3 Å². The van der Waals surface area contributed by atoms with Gasteiger partial charge in [0.25, 0.3) is 12.9 Å². The van der Waals surface area contributed by atoms with Crippen LogP contribution in [0.2, 0.25) is 5.02 Å². The number of carbonyl (C=O) groups excluding carboxylic acids is 1. The number of rotatable bonds is 5. The monoisotopic (exact) mass is 510 g/mol. The number of halogens is 1. The summed E-state index contributed by atoms with van der Waals surface area (Å²) in [6, 6.07) is 11.1. The van der Waals surface area contributed by atoms with E-state index in [1.807, 2.05) is 24.3 Å². The van der Waals surface area contributed by atoms with Gasteiger partial charge in [-0.1, -0.05) is 11.6 Å². The van der Waals surface area contributed by atoms with Crippen LogP contribution in [0, 0.1) is 0 Å². The molecule has 0 spiro atoms. The highest BCUT2D eigenvalue weighted by Gasteiger charge is 2.22. The topological polar surface area (TPSA) is 141 Å². The summed E-state index contributed by atoms with van der Waals surface area (Å²) in [5, 5.41) is 21.5. The molecule has 2 heterocycles. The quantitative estimate of drug-likeness (QED) is 0.267. The first-order valence-electron chi connectivity index (χ1n) is 10.3. The molecule has 1 saturated heterocycles. The summed E-state index contributed by atoms with van der Waals surface area (Å²) in [5.41, 5.74) is 1.34. The van der Waals surface area contributed by atoms with Gasteiger partial charge >= 0.3 is 5.97 Å². The molecule has 1 aromatic heterocycles. The predicted octanol–water partition coefficient (Wildman–Crippen LogP) is 3.27. The number of piperidine rings is 1. The molecule has 10 nitrogen and oxygen atoms in total. The lowest BCUT2D eigenvalue weighted by molar-refractivity contribution is -0.123. The number of nitrogens with zero attached hydrogens (tertiary/aromatic N) is 2. The Labute approximate surface area is 207 Å². The molecule has 0 unspecified atom stereocenters. The van der Waals surface area contributed by atoms with Crippen molar-refractivity contribution in [3.05, 3.63) is 53.2 Å². The zero-order valence-corrected chi connectivity index (χ0v) is 20.1. The number of ether oxygens (including phenoxy) is 1. The fraction of sp³-hybridized carbons (Fsp3) is 0.318. The summed E-state index contributed by atoms with van der Waals surface area (Å²) < 4.78 is 4.98. The fourth-order valence-electron chi connectivity index (χ4n) is 3.10. The Morgan fingerprint density at radius 1 is 1.21 bits per heavy atom. The van der Waals surface area contributed by atoms with Gasteiger partial charge in [-0.2, -0.15) is 0 Å². The second-order valence-corrected chi connectivity index (χ2v) is 7.49. The van der Waals surface area contributed by atoms with Crippen LogP contribution in [0.25, 0.3) is 0 Å². The lowest BCUT2D eigenvalue weighted by atomic mass is 10.1. The number of pyridine rings is 1. The lowest BCUT2D eigenvalue weighted by Gasteiger charge is -2.34. The van der Waals surface area contributed by atoms with E-state index in [9.17, 15) is 4.79 Å². The summed E-state index contributed by atoms with van der Waals surface area (Å²) in [4.78, 5) is 35.0. The van der Waals surface area contributed by atoms with Gasteiger partial charge in [0.05, 0.1) is 17.2 Å². The highest BCUT2D eigenvalue weighted by molar-refractivity contribution is 7.80. The van der Waals surface area contributed by atoms with Gasteiger partial charge in [-0.3, -0.25) is 9.59 Å². The van der Waals surface area contributed by atoms with E-state index in [0.29, 0.717) is 22.3 Å². The molecule has 2 aromatic rings. The van der Waals surface area contributed by atoms with E-state index in [1.54, 1.807) is 25.3 Å². The maximum Gasteiger partial charge on any atom is 0.338 e. The molecule has 0 saturated carbocycles. The first-order chi connectivity index (χ1) is 16.4. The Kier molecular flexibility index (Phi) is 13.6. The minimum absolute atomic E-state index is 0.250. The number of benzene rings is 1. The van der Waals surface area contributed by atoms with Gasteiger partial charge < -0.3 is 30.5 Å². The molecule has 1 aliphatic heterocycles. The third-order valence-electron chi connectivity index (χ3n) is 4.52. The van der Waals surface area contributed by atoms with E-state index in [2.05, 4.69) is 20.5 Å². The highest BCUT2D eigenvalue weighted by Crippen LogP contribution is 2.25. The Morgan fingerprint density at radius 2 is 1.79 bits per heavy atom. The number of nitrogens with one attached hydrogen (secondary N) is 2. The number of hydrogen-bond donors (Lipinski definition) is 4. The summed E-state index contributed by atoms with van der Waals surface area (Å²) >= 11 is 11.7. The molecule has 184 valence electrons. The Morgan fingerprint density at radius 3 is 2.32 bits per heavy atom. The number of carbonyl (C=O) groups is 3. The second-order valence-electron chi connectivity index (χ2n) is 6.68. The van der Waals surface area contributed by atoms with Gasteiger partial charge in [-0.25, -0.2) is 9.78 Å². The number of aromatic nitrogens is 1. The molecule has 12 heteroatoms. The van der Waals surface area contributed by atoms with E-state index in [4.69, 9.17) is 48.4 Å². The molecule has 3 rings (SSSR count). The molecule has 0 radical (unpaired) electrons. The molecule has 34 heavy (non-hydrogen) atoms. The molecule has 0 atom stereocenters. The maximum atomic E-state index is 11.7. The Balaban J connectivity index is 0.000000872. The molecule has 1 aromatic carbocycles. The van der Waals surface area contributed by atoms with Crippen LogP contribution >= 0.6 is 23.8 Å². The smallest absolute Gasteiger partial charge is 0.338 e. The van der Waals surface area contributed by atoms with Crippen molar-refractivity contribution >= 4 is 59.4 Å². The zero-order chi connectivity index (χ0) is 25.3. The molecular weight excluding hydrogens is 484 g/mol. The van der Waals surface area contributed by atoms with Crippen LogP contribution in [-0.4, -0.2) is 65.0 Å². The van der Waals surface area contributed by atoms with Crippen molar-refractivity contribution in [3.8, 4) is 0 Å². The van der Waals surface area contributed by atoms with Crippen molar-refractivity contribution in [2.45, 2.75) is 25.8 Å². The summed E-state index contributed by atoms with van der Waals surface area (Å²) in [6.07, 6.45) is 3.64. The molecule has 1 aliphatic rings. The van der Waals surface area contributed by atoms with Crippen LogP contribution in [0.4, 0.5) is 11.5 Å². The van der Waals surface area contributed by atoms with Gasteiger partial charge in [0, 0.05) is 31.0 Å². The van der Waals surface area contributed by atoms with Crippen LogP contribution in [-0.2, 0) is 14.3 Å². The summed E-state index contributed by atoms with van der Waals surface area (Å²) in [6.45, 7) is 3.38. The van der Waals surface area contributed by atoms with Crippen molar-refractivity contribution in [1.82, 2.24) is 10.3 Å². The molecule has 1 fully saturated rings. The normalized spacial score (nSPS) is 12.6. The first-order valence-corrected chi connectivity index (χ1v) is 11.0. The number of anilines is 2. The van der Waals surface area contributed by atoms with Gasteiger partial charge in [-0.15, -0.1) is 0 Å². The third kappa shape index (κ3) is 10.0. The minimum atomic E-state index is -0.325. The van der Waals surface area contributed by atoms with E-state index >= 15 is 0 Å². The number of thiocarbonyl (C=S) groups is 1. The highest BCUT2D eigenvalue weighted by atomic mass is 35.5. The van der Waals surface area contributed by atoms with Gasteiger partial charge in [0.2, 0.25) is 0 Å². The largest absolute Gasteiger partial charge is 0.483 e. The fourth-order valence-corrected chi connectivity index (χ4v) is 3.63. The van der Waals surface area contributed by atoms with E-state index < -0.39 is 0 Å². The first kappa shape index (κ1) is 28.6. The van der Waals surface area contributed by atoms with Gasteiger partial charge in [0.15, 0.2) is 5.11 Å². The van der Waals surface area contributed by atoms with Crippen LogP contribution in [0.1, 0.15) is 30.1 Å². The predicted molar refractivity (Wildman–Crippen MR) is 134 cm³/mol. The van der Waals surface area contributed by atoms with Crippen LogP contribution in [0.15, 0.2) is 42.6 Å². The van der Waals surface area contributed by atoms with Gasteiger partial charge in [0.1, 0.15) is 5.82 Å². The molecule has 4 N–H and O–H groups in total. The van der Waals surface area contributed by atoms with E-state index in [1.165, 1.54) is 0 Å². The third-order valence-corrected chi connectivity index (χ3v) is 5.04. The number of hydrogen-bond acceptors (Lipinski definition) is 7. The molecule has 0 amide bonds. The van der Waals surface area contributed by atoms with E-state index in [-0.39, 0.29) is 25.0 Å². The summed E-state index contributed by atoms with van der Waals surface area (Å²) in [7, 11) is 0. The van der Waals surface area contributed by atoms with E-state index in [0.717, 1.165) is 37.4 Å². The Hall–Kier alpha value is -3.44. The van der Waals surface area contributed by atoms with Crippen molar-refractivity contribution in [1.29, 1.82) is 0 Å². The number of carboxylic acid groups (broad SMARTS) is 2. The van der Waals surface area contributed by atoms with Crippen LogP contribution in [0.3, 0.4) is 0 Å². The average Bonchev–Trinajstić information content (AvgIpc) is 2.82. The standard InChI is InChI=1S/C20H23ClN4O2S.2CH2O2/c1-2-27-19(26)14-5-7-15(8-6-14)23-20(28)24-16-9-12-25(13-10-16)18-17(21)4-3-11-22-18;2*2-1-3/h3-8,11,16H,2,9-10,12-13H2,1H3,(H2,23,24,28);2*1H,(H,2,3). The van der Waals surface area contributed by atoms with Gasteiger partial charge in [-0.05, 0) is 68.4 Å². The van der Waals surface area contributed by atoms with Crippen LogP contribution < -0.4 is 15.5 Å². The maximum absolute atomic E-state index is 11.7. The minimum Gasteiger partial charge on any atom is -0.483 e. The average molecular weight is 511 g/mol. The van der Waals surface area contributed by atoms with Crippen molar-refractivity contribution in [2.75, 3.05) is 29.9 Å². The SMILES string of the molecule is CCOC(=O)c1ccc(NC(=S)NC2CCN(c3ncccc3Cl)CC2)cc1.O=CO.O=CO. The Bertz CT molecular complexity index is 918. The zero-order valence-electron chi connectivity index (χ0n) is 18.5. The van der Waals surface area contributed by atoms with Crippen LogP contribution in [0.5, 0.6) is 0 Å².